The molecule has 0 aliphatic heterocycles. The topological polar surface area (TPSA) is 106 Å². The highest BCUT2D eigenvalue weighted by atomic mass is 16.4. The van der Waals surface area contributed by atoms with Crippen molar-refractivity contribution < 1.29 is 15.0 Å². The summed E-state index contributed by atoms with van der Waals surface area (Å²) >= 11 is 0. The van der Waals surface area contributed by atoms with Crippen LogP contribution in [0.1, 0.15) is 17.5 Å². The van der Waals surface area contributed by atoms with E-state index in [0.29, 0.717) is 0 Å². The number of aliphatic hydroxyl groups excluding tert-OH is 1. The van der Waals surface area contributed by atoms with E-state index >= 15 is 0 Å². The van der Waals surface area contributed by atoms with Gasteiger partial charge in [0, 0.05) is 0 Å². The largest absolute Gasteiger partial charge is 0.465 e. The number of nitriles is 1. The second-order valence-electron chi connectivity index (χ2n) is 2.76. The summed E-state index contributed by atoms with van der Waals surface area (Å²) in [5, 5.41) is 28.4. The molecule has 0 aliphatic rings. The van der Waals surface area contributed by atoms with E-state index in [4.69, 9.17) is 10.4 Å². The van der Waals surface area contributed by atoms with Crippen LogP contribution in [0.3, 0.4) is 0 Å². The van der Waals surface area contributed by atoms with Gasteiger partial charge in [-0.05, 0) is 12.1 Å². The van der Waals surface area contributed by atoms with Crippen LogP contribution in [0.25, 0.3) is 0 Å². The van der Waals surface area contributed by atoms with E-state index in [0.717, 1.165) is 0 Å². The third-order valence-corrected chi connectivity index (χ3v) is 1.67. The van der Waals surface area contributed by atoms with E-state index in [2.05, 4.69) is 4.98 Å². The van der Waals surface area contributed by atoms with E-state index in [1.165, 1.54) is 12.1 Å². The van der Waals surface area contributed by atoms with Crippen LogP contribution < -0.4 is 5.32 Å². The van der Waals surface area contributed by atoms with Gasteiger partial charge in [-0.15, -0.1) is 0 Å². The molecule has 0 fully saturated rings. The van der Waals surface area contributed by atoms with Gasteiger partial charge in [-0.2, -0.15) is 5.26 Å². The Balaban J connectivity index is 2.69. The molecule has 1 amide bonds. The second kappa shape index (κ2) is 4.93. The van der Waals surface area contributed by atoms with Crippen molar-refractivity contribution >= 4 is 6.09 Å². The van der Waals surface area contributed by atoms with Gasteiger partial charge < -0.3 is 15.5 Å². The Labute approximate surface area is 85.8 Å². The molecule has 78 valence electrons. The maximum Gasteiger partial charge on any atom is 0.404 e. The van der Waals surface area contributed by atoms with Crippen LogP contribution >= 0.6 is 0 Å². The number of rotatable bonds is 3. The first-order chi connectivity index (χ1) is 7.13. The predicted molar refractivity (Wildman–Crippen MR) is 49.9 cm³/mol. The van der Waals surface area contributed by atoms with Crippen molar-refractivity contribution in [2.75, 3.05) is 6.54 Å². The lowest BCUT2D eigenvalue weighted by Crippen LogP contribution is -2.26. The fraction of sp³-hybridized carbons (Fsp3) is 0.222. The maximum absolute atomic E-state index is 10.2. The lowest BCUT2D eigenvalue weighted by Gasteiger charge is -2.09. The first-order valence-corrected chi connectivity index (χ1v) is 4.15. The molecule has 1 aromatic heterocycles. The zero-order valence-corrected chi connectivity index (χ0v) is 7.71. The molecular formula is C9H9N3O3. The summed E-state index contributed by atoms with van der Waals surface area (Å²) < 4.78 is 0. The molecule has 0 radical (unpaired) electrons. The quantitative estimate of drug-likeness (QED) is 0.658. The van der Waals surface area contributed by atoms with Gasteiger partial charge in [0.1, 0.15) is 17.9 Å². The number of amides is 1. The molecule has 6 heteroatoms. The van der Waals surface area contributed by atoms with E-state index in [-0.39, 0.29) is 17.9 Å². The molecule has 1 heterocycles. The molecule has 0 aliphatic carbocycles. The summed E-state index contributed by atoms with van der Waals surface area (Å²) in [5.41, 5.74) is 0.449. The van der Waals surface area contributed by atoms with Crippen molar-refractivity contribution in [3.05, 3.63) is 29.6 Å². The molecule has 3 N–H and O–H groups in total. The van der Waals surface area contributed by atoms with E-state index in [1.54, 1.807) is 6.07 Å². The molecule has 1 rings (SSSR count). The Morgan fingerprint density at radius 3 is 3.00 bits per heavy atom. The van der Waals surface area contributed by atoms with Crippen LogP contribution in [0.15, 0.2) is 18.2 Å². The lowest BCUT2D eigenvalue weighted by atomic mass is 10.2. The fourth-order valence-electron chi connectivity index (χ4n) is 0.988. The summed E-state index contributed by atoms with van der Waals surface area (Å²) in [6.07, 6.45) is -2.26. The molecule has 15 heavy (non-hydrogen) atoms. The Morgan fingerprint density at radius 1 is 1.67 bits per heavy atom. The van der Waals surface area contributed by atoms with Crippen molar-refractivity contribution in [1.82, 2.24) is 10.3 Å². The number of carbonyl (C=O) groups is 1. The van der Waals surface area contributed by atoms with Gasteiger partial charge in [-0.25, -0.2) is 9.78 Å². The highest BCUT2D eigenvalue weighted by molar-refractivity contribution is 5.64. The molecule has 1 aromatic rings. The van der Waals surface area contributed by atoms with Crippen molar-refractivity contribution in [1.29, 1.82) is 5.26 Å². The fourth-order valence-corrected chi connectivity index (χ4v) is 0.988. The second-order valence-corrected chi connectivity index (χ2v) is 2.76. The number of aromatic nitrogens is 1. The van der Waals surface area contributed by atoms with Gasteiger partial charge in [-0.1, -0.05) is 6.07 Å². The summed E-state index contributed by atoms with van der Waals surface area (Å²) in [6.45, 7) is -0.156. The van der Waals surface area contributed by atoms with Crippen LogP contribution in [0.5, 0.6) is 0 Å². The maximum atomic E-state index is 10.2. The smallest absolute Gasteiger partial charge is 0.404 e. The van der Waals surface area contributed by atoms with Crippen molar-refractivity contribution in [2.24, 2.45) is 0 Å². The number of pyridine rings is 1. The van der Waals surface area contributed by atoms with Gasteiger partial charge in [-0.3, -0.25) is 0 Å². The summed E-state index contributed by atoms with van der Waals surface area (Å²) in [6, 6.07) is 6.43. The number of nitrogens with zero attached hydrogens (tertiary/aromatic N) is 2. The molecule has 0 spiro atoms. The highest BCUT2D eigenvalue weighted by Gasteiger charge is 2.10. The molecule has 6 nitrogen and oxygen atoms in total. The van der Waals surface area contributed by atoms with Gasteiger partial charge >= 0.3 is 6.09 Å². The Kier molecular flexibility index (Phi) is 3.60. The van der Waals surface area contributed by atoms with Gasteiger partial charge in [0.05, 0.1) is 12.2 Å². The van der Waals surface area contributed by atoms with E-state index in [1.807, 2.05) is 11.4 Å². The zero-order valence-electron chi connectivity index (χ0n) is 7.71. The lowest BCUT2D eigenvalue weighted by molar-refractivity contribution is 0.156. The molecular weight excluding hydrogens is 198 g/mol. The van der Waals surface area contributed by atoms with Crippen molar-refractivity contribution in [2.45, 2.75) is 6.10 Å². The van der Waals surface area contributed by atoms with Gasteiger partial charge in [0.15, 0.2) is 0 Å². The van der Waals surface area contributed by atoms with Crippen molar-refractivity contribution in [3.63, 3.8) is 0 Å². The average molecular weight is 207 g/mol. The molecule has 1 atom stereocenters. The summed E-state index contributed by atoms with van der Waals surface area (Å²) in [7, 11) is 0. The Hall–Kier alpha value is -2.13. The predicted octanol–water partition coefficient (Wildman–Crippen LogP) is 0.254. The van der Waals surface area contributed by atoms with E-state index < -0.39 is 12.2 Å². The molecule has 0 aromatic carbocycles. The zero-order chi connectivity index (χ0) is 11.3. The van der Waals surface area contributed by atoms with Crippen LogP contribution in [0.4, 0.5) is 4.79 Å². The van der Waals surface area contributed by atoms with Crippen molar-refractivity contribution in [3.8, 4) is 6.07 Å². The molecule has 1 unspecified atom stereocenters. The van der Waals surface area contributed by atoms with Gasteiger partial charge in [0.2, 0.25) is 0 Å². The number of aliphatic hydroxyl groups is 1. The molecule has 0 saturated heterocycles. The number of nitrogens with one attached hydrogen (secondary N) is 1. The minimum absolute atomic E-state index is 0.156. The Morgan fingerprint density at radius 2 is 2.40 bits per heavy atom. The van der Waals surface area contributed by atoms with Crippen LogP contribution in [-0.2, 0) is 0 Å². The number of hydrogen-bond acceptors (Lipinski definition) is 4. The number of hydrogen-bond donors (Lipinski definition) is 3. The minimum Gasteiger partial charge on any atom is -0.465 e. The third-order valence-electron chi connectivity index (χ3n) is 1.67. The first-order valence-electron chi connectivity index (χ1n) is 4.15. The Bertz CT molecular complexity index is 400. The van der Waals surface area contributed by atoms with Crippen LogP contribution in [-0.4, -0.2) is 27.8 Å². The van der Waals surface area contributed by atoms with Crippen LogP contribution in [0.2, 0.25) is 0 Å². The monoisotopic (exact) mass is 207 g/mol. The third kappa shape index (κ3) is 3.25. The average Bonchev–Trinajstić information content (AvgIpc) is 2.26. The standard InChI is InChI=1S/C9H9N3O3/c10-4-6-2-1-3-7(12-6)8(13)5-11-9(14)15/h1-3,8,11,13H,5H2,(H,14,15). The van der Waals surface area contributed by atoms with Gasteiger partial charge in [0.25, 0.3) is 0 Å². The number of carboxylic acid groups (broad SMARTS) is 1. The summed E-state index contributed by atoms with van der Waals surface area (Å²) in [5.74, 6) is 0. The molecule has 0 saturated carbocycles. The van der Waals surface area contributed by atoms with E-state index in [9.17, 15) is 9.90 Å². The first kappa shape index (κ1) is 10.9. The normalized spacial score (nSPS) is 11.5. The highest BCUT2D eigenvalue weighted by Crippen LogP contribution is 2.08. The summed E-state index contributed by atoms with van der Waals surface area (Å²) in [4.78, 5) is 14.0. The molecule has 0 bridgehead atoms. The van der Waals surface area contributed by atoms with Crippen LogP contribution in [0, 0.1) is 11.3 Å². The minimum atomic E-state index is -1.22. The SMILES string of the molecule is N#Cc1cccc(C(O)CNC(=O)O)n1.